The van der Waals surface area contributed by atoms with Crippen LogP contribution >= 0.6 is 11.6 Å². The van der Waals surface area contributed by atoms with Crippen LogP contribution in [0.5, 0.6) is 0 Å². The molecule has 2 aromatic rings. The zero-order valence-corrected chi connectivity index (χ0v) is 16.8. The van der Waals surface area contributed by atoms with Gasteiger partial charge in [-0.05, 0) is 29.7 Å². The Morgan fingerprint density at radius 1 is 1.08 bits per heavy atom. The number of nitrogens with zero attached hydrogens (tertiary/aromatic N) is 1. The first-order valence-electron chi connectivity index (χ1n) is 8.22. The smallest absolute Gasteiger partial charge is 0.253 e. The van der Waals surface area contributed by atoms with E-state index in [0.29, 0.717) is 0 Å². The molecule has 1 amide bonds. The fraction of sp³-hybridized carbons (Fsp3) is 0.316. The number of benzene rings is 2. The molecular formula is C19H23ClN2O3S. The van der Waals surface area contributed by atoms with Crippen LogP contribution in [0.15, 0.2) is 53.4 Å². The van der Waals surface area contributed by atoms with Crippen LogP contribution in [0.25, 0.3) is 0 Å². The molecule has 2 aromatic carbocycles. The van der Waals surface area contributed by atoms with E-state index in [0.717, 1.165) is 9.87 Å². The number of amides is 1. The van der Waals surface area contributed by atoms with E-state index in [1.54, 1.807) is 0 Å². The summed E-state index contributed by atoms with van der Waals surface area (Å²) in [4.78, 5) is 12.8. The van der Waals surface area contributed by atoms with Gasteiger partial charge in [-0.1, -0.05) is 55.8 Å². The number of sulfonamides is 1. The molecule has 26 heavy (non-hydrogen) atoms. The monoisotopic (exact) mass is 394 g/mol. The zero-order chi connectivity index (χ0) is 19.5. The molecule has 0 aliphatic heterocycles. The number of rotatable bonds is 6. The molecule has 0 aliphatic rings. The van der Waals surface area contributed by atoms with Crippen molar-refractivity contribution in [3.63, 3.8) is 0 Å². The van der Waals surface area contributed by atoms with Crippen LogP contribution in [0.2, 0.25) is 5.02 Å². The summed E-state index contributed by atoms with van der Waals surface area (Å²) in [5.41, 5.74) is 1.11. The van der Waals surface area contributed by atoms with Crippen molar-refractivity contribution >= 4 is 27.5 Å². The molecule has 0 aliphatic carbocycles. The maximum atomic E-state index is 12.8. The van der Waals surface area contributed by atoms with E-state index >= 15 is 0 Å². The molecule has 0 saturated carbocycles. The molecule has 2 rings (SSSR count). The summed E-state index contributed by atoms with van der Waals surface area (Å²) in [6, 6.07) is 13.5. The number of carbonyl (C=O) groups is 1. The van der Waals surface area contributed by atoms with Gasteiger partial charge in [0.05, 0.1) is 21.5 Å². The molecule has 1 atom stereocenters. The Hall–Kier alpha value is -1.89. The Balaban J connectivity index is 2.37. The van der Waals surface area contributed by atoms with Crippen molar-refractivity contribution in [3.8, 4) is 0 Å². The van der Waals surface area contributed by atoms with E-state index in [9.17, 15) is 13.2 Å². The average Bonchev–Trinajstić information content (AvgIpc) is 2.60. The summed E-state index contributed by atoms with van der Waals surface area (Å²) in [5.74, 6) is -0.262. The molecule has 0 fully saturated rings. The summed E-state index contributed by atoms with van der Waals surface area (Å²) in [7, 11) is -0.775. The van der Waals surface area contributed by atoms with Gasteiger partial charge in [0.25, 0.3) is 5.91 Å². The number of hydrogen-bond acceptors (Lipinski definition) is 3. The first-order valence-corrected chi connectivity index (χ1v) is 10.0. The number of nitrogens with one attached hydrogen (secondary N) is 1. The van der Waals surface area contributed by atoms with Gasteiger partial charge < -0.3 is 5.32 Å². The molecule has 5 nitrogen and oxygen atoms in total. The fourth-order valence-electron chi connectivity index (χ4n) is 2.56. The SMILES string of the molecule is CC(C)[C@H](NC(=O)c1cc(S(=O)(=O)N(C)C)ccc1Cl)c1ccccc1. The number of halogens is 1. The number of hydrogen-bond donors (Lipinski definition) is 1. The molecule has 0 heterocycles. The Kier molecular flexibility index (Phi) is 6.44. The van der Waals surface area contributed by atoms with Crippen molar-refractivity contribution in [2.75, 3.05) is 14.1 Å². The van der Waals surface area contributed by atoms with Crippen molar-refractivity contribution < 1.29 is 13.2 Å². The maximum absolute atomic E-state index is 12.8. The minimum Gasteiger partial charge on any atom is -0.345 e. The summed E-state index contributed by atoms with van der Waals surface area (Å²) >= 11 is 6.16. The summed E-state index contributed by atoms with van der Waals surface area (Å²) in [6.07, 6.45) is 0. The van der Waals surface area contributed by atoms with Crippen LogP contribution < -0.4 is 5.32 Å². The normalized spacial score (nSPS) is 13.0. The molecule has 0 spiro atoms. The van der Waals surface area contributed by atoms with Crippen molar-refractivity contribution in [2.24, 2.45) is 5.92 Å². The standard InChI is InChI=1S/C19H23ClN2O3S/c1-13(2)18(14-8-6-5-7-9-14)21-19(23)16-12-15(10-11-17(16)20)26(24,25)22(3)4/h5-13,18H,1-4H3,(H,21,23)/t18-/m0/s1. The minimum absolute atomic E-state index is 0.0258. The van der Waals surface area contributed by atoms with Gasteiger partial charge in [-0.2, -0.15) is 0 Å². The Bertz CT molecular complexity index is 881. The third kappa shape index (κ3) is 4.44. The zero-order valence-electron chi connectivity index (χ0n) is 15.2. The Morgan fingerprint density at radius 3 is 2.23 bits per heavy atom. The second-order valence-corrected chi connectivity index (χ2v) is 9.09. The molecule has 140 valence electrons. The molecule has 0 bridgehead atoms. The molecular weight excluding hydrogens is 372 g/mol. The van der Waals surface area contributed by atoms with Crippen LogP contribution in [0.4, 0.5) is 0 Å². The third-order valence-electron chi connectivity index (χ3n) is 4.07. The summed E-state index contributed by atoms with van der Waals surface area (Å²) < 4.78 is 25.7. The van der Waals surface area contributed by atoms with Crippen molar-refractivity contribution in [2.45, 2.75) is 24.8 Å². The predicted octanol–water partition coefficient (Wildman–Crippen LogP) is 3.72. The minimum atomic E-state index is -3.65. The highest BCUT2D eigenvalue weighted by Crippen LogP contribution is 2.25. The fourth-order valence-corrected chi connectivity index (χ4v) is 3.70. The second-order valence-electron chi connectivity index (χ2n) is 6.53. The predicted molar refractivity (Wildman–Crippen MR) is 104 cm³/mol. The van der Waals surface area contributed by atoms with Crippen LogP contribution in [-0.4, -0.2) is 32.7 Å². The lowest BCUT2D eigenvalue weighted by Gasteiger charge is -2.23. The lowest BCUT2D eigenvalue weighted by Crippen LogP contribution is -2.32. The lowest BCUT2D eigenvalue weighted by atomic mass is 9.95. The number of carbonyl (C=O) groups excluding carboxylic acids is 1. The van der Waals surface area contributed by atoms with Gasteiger partial charge in [-0.3, -0.25) is 4.79 Å². The van der Waals surface area contributed by atoms with Gasteiger partial charge in [-0.15, -0.1) is 0 Å². The van der Waals surface area contributed by atoms with Gasteiger partial charge in [0.1, 0.15) is 0 Å². The highest BCUT2D eigenvalue weighted by molar-refractivity contribution is 7.89. The summed E-state index contributed by atoms with van der Waals surface area (Å²) in [6.45, 7) is 4.01. The highest BCUT2D eigenvalue weighted by atomic mass is 35.5. The van der Waals surface area contributed by atoms with E-state index in [1.807, 2.05) is 44.2 Å². The third-order valence-corrected chi connectivity index (χ3v) is 6.21. The molecule has 0 unspecified atom stereocenters. The largest absolute Gasteiger partial charge is 0.345 e. The molecule has 7 heteroatoms. The van der Waals surface area contributed by atoms with Crippen LogP contribution in [0, 0.1) is 5.92 Å². The highest BCUT2D eigenvalue weighted by Gasteiger charge is 2.23. The lowest BCUT2D eigenvalue weighted by molar-refractivity contribution is 0.0925. The van der Waals surface area contributed by atoms with Crippen molar-refractivity contribution in [1.82, 2.24) is 9.62 Å². The first-order chi connectivity index (χ1) is 12.1. The van der Waals surface area contributed by atoms with Gasteiger partial charge >= 0.3 is 0 Å². The van der Waals surface area contributed by atoms with E-state index in [-0.39, 0.29) is 27.4 Å². The second kappa shape index (κ2) is 8.20. The van der Waals surface area contributed by atoms with Crippen molar-refractivity contribution in [1.29, 1.82) is 0 Å². The van der Waals surface area contributed by atoms with E-state index in [1.165, 1.54) is 32.3 Å². The first kappa shape index (κ1) is 20.4. The topological polar surface area (TPSA) is 66.5 Å². The molecule has 1 N–H and O–H groups in total. The van der Waals surface area contributed by atoms with E-state index < -0.39 is 15.9 Å². The Labute approximate surface area is 160 Å². The quantitative estimate of drug-likeness (QED) is 0.811. The van der Waals surface area contributed by atoms with Crippen LogP contribution in [0.3, 0.4) is 0 Å². The molecule has 0 radical (unpaired) electrons. The maximum Gasteiger partial charge on any atom is 0.253 e. The van der Waals surface area contributed by atoms with Gasteiger partial charge in [-0.25, -0.2) is 12.7 Å². The molecule has 0 saturated heterocycles. The van der Waals surface area contributed by atoms with Gasteiger partial charge in [0.2, 0.25) is 10.0 Å². The van der Waals surface area contributed by atoms with Crippen LogP contribution in [0.1, 0.15) is 35.8 Å². The Morgan fingerprint density at radius 2 is 1.69 bits per heavy atom. The van der Waals surface area contributed by atoms with E-state index in [2.05, 4.69) is 5.32 Å². The van der Waals surface area contributed by atoms with Gasteiger partial charge in [0, 0.05) is 14.1 Å². The van der Waals surface area contributed by atoms with Crippen molar-refractivity contribution in [3.05, 3.63) is 64.7 Å². The van der Waals surface area contributed by atoms with Gasteiger partial charge in [0.15, 0.2) is 0 Å². The molecule has 0 aromatic heterocycles. The average molecular weight is 395 g/mol. The van der Waals surface area contributed by atoms with E-state index in [4.69, 9.17) is 11.6 Å². The summed E-state index contributed by atoms with van der Waals surface area (Å²) in [5, 5.41) is 3.17. The van der Waals surface area contributed by atoms with Crippen LogP contribution in [-0.2, 0) is 10.0 Å².